The van der Waals surface area contributed by atoms with E-state index in [4.69, 9.17) is 15.1 Å². The number of nitrogens with one attached hydrogen (secondary N) is 1. The molecule has 0 amide bonds. The lowest BCUT2D eigenvalue weighted by molar-refractivity contribution is 0.316. The number of benzene rings is 2. The van der Waals surface area contributed by atoms with Crippen LogP contribution in [0.4, 0.5) is 17.1 Å². The Kier molecular flexibility index (Phi) is 3.59. The summed E-state index contributed by atoms with van der Waals surface area (Å²) in [5, 5.41) is 10.9. The van der Waals surface area contributed by atoms with Crippen molar-refractivity contribution in [3.05, 3.63) is 36.4 Å². The number of hydrogen-bond donors (Lipinski definition) is 2. The third kappa shape index (κ3) is 2.74. The Bertz CT molecular complexity index is 737. The summed E-state index contributed by atoms with van der Waals surface area (Å²) in [5.41, 5.74) is 9.25. The van der Waals surface area contributed by atoms with Crippen LogP contribution in [0.2, 0.25) is 0 Å². The van der Waals surface area contributed by atoms with Crippen LogP contribution in [0.1, 0.15) is 13.3 Å². The second-order valence-electron chi connectivity index (χ2n) is 4.66. The Morgan fingerprint density at radius 2 is 1.86 bits per heavy atom. The number of nitrogens with zero attached hydrogens (tertiary/aromatic N) is 2. The van der Waals surface area contributed by atoms with E-state index in [1.807, 2.05) is 30.3 Å². The SMILES string of the molecule is CCCOc1ccc(Nc2ccc(N)c3nonc23)cc1. The fraction of sp³-hybridized carbons (Fsp3) is 0.200. The number of fused-ring (bicyclic) bond motifs is 1. The third-order valence-corrected chi connectivity index (χ3v) is 3.05. The first-order valence-corrected chi connectivity index (χ1v) is 6.78. The van der Waals surface area contributed by atoms with Crippen molar-refractivity contribution in [1.82, 2.24) is 10.3 Å². The van der Waals surface area contributed by atoms with E-state index in [0.29, 0.717) is 16.7 Å². The van der Waals surface area contributed by atoms with Crippen LogP contribution in [-0.4, -0.2) is 16.9 Å². The van der Waals surface area contributed by atoms with Crippen molar-refractivity contribution in [2.45, 2.75) is 13.3 Å². The molecule has 0 spiro atoms. The largest absolute Gasteiger partial charge is 0.494 e. The maximum absolute atomic E-state index is 5.82. The maximum atomic E-state index is 5.82. The van der Waals surface area contributed by atoms with E-state index in [1.165, 1.54) is 0 Å². The lowest BCUT2D eigenvalue weighted by atomic mass is 10.2. The third-order valence-electron chi connectivity index (χ3n) is 3.05. The molecule has 0 aliphatic heterocycles. The first kappa shape index (κ1) is 13.2. The summed E-state index contributed by atoms with van der Waals surface area (Å²) in [6, 6.07) is 11.4. The molecule has 6 nitrogen and oxygen atoms in total. The predicted molar refractivity (Wildman–Crippen MR) is 81.7 cm³/mol. The second kappa shape index (κ2) is 5.70. The molecular weight excluding hydrogens is 268 g/mol. The van der Waals surface area contributed by atoms with E-state index in [-0.39, 0.29) is 0 Å². The van der Waals surface area contributed by atoms with Crippen LogP contribution in [0.25, 0.3) is 11.0 Å². The molecule has 6 heteroatoms. The lowest BCUT2D eigenvalue weighted by Gasteiger charge is -2.09. The number of anilines is 3. The van der Waals surface area contributed by atoms with Gasteiger partial charge in [-0.05, 0) is 53.1 Å². The highest BCUT2D eigenvalue weighted by Gasteiger charge is 2.10. The number of nitrogens with two attached hydrogens (primary N) is 1. The molecule has 1 heterocycles. The van der Waals surface area contributed by atoms with E-state index in [1.54, 1.807) is 6.07 Å². The highest BCUT2D eigenvalue weighted by molar-refractivity contribution is 5.96. The van der Waals surface area contributed by atoms with Gasteiger partial charge in [0.05, 0.1) is 18.0 Å². The van der Waals surface area contributed by atoms with Gasteiger partial charge in [0.15, 0.2) is 11.0 Å². The number of rotatable bonds is 5. The van der Waals surface area contributed by atoms with Gasteiger partial charge in [-0.1, -0.05) is 6.92 Å². The van der Waals surface area contributed by atoms with Gasteiger partial charge in [-0.25, -0.2) is 4.63 Å². The van der Waals surface area contributed by atoms with E-state index in [0.717, 1.165) is 30.2 Å². The van der Waals surface area contributed by atoms with Gasteiger partial charge in [0.2, 0.25) is 0 Å². The Morgan fingerprint density at radius 1 is 1.10 bits per heavy atom. The molecule has 0 unspecified atom stereocenters. The van der Waals surface area contributed by atoms with Crippen LogP contribution in [0.15, 0.2) is 41.0 Å². The summed E-state index contributed by atoms with van der Waals surface area (Å²) < 4.78 is 10.3. The molecule has 3 aromatic rings. The molecule has 21 heavy (non-hydrogen) atoms. The van der Waals surface area contributed by atoms with Crippen LogP contribution >= 0.6 is 0 Å². The highest BCUT2D eigenvalue weighted by atomic mass is 16.6. The average Bonchev–Trinajstić information content (AvgIpc) is 3.00. The molecule has 3 rings (SSSR count). The second-order valence-corrected chi connectivity index (χ2v) is 4.66. The van der Waals surface area contributed by atoms with Gasteiger partial charge in [-0.3, -0.25) is 0 Å². The smallest absolute Gasteiger partial charge is 0.160 e. The van der Waals surface area contributed by atoms with Crippen molar-refractivity contribution in [3.63, 3.8) is 0 Å². The standard InChI is InChI=1S/C15H16N4O2/c1-2-9-20-11-5-3-10(4-6-11)17-13-8-7-12(16)14-15(13)19-21-18-14/h3-8,17H,2,9,16H2,1H3. The molecule has 0 aliphatic rings. The van der Waals surface area contributed by atoms with Gasteiger partial charge < -0.3 is 15.8 Å². The van der Waals surface area contributed by atoms with Crippen LogP contribution < -0.4 is 15.8 Å². The summed E-state index contributed by atoms with van der Waals surface area (Å²) in [5.74, 6) is 0.855. The number of hydrogen-bond acceptors (Lipinski definition) is 6. The Morgan fingerprint density at radius 3 is 2.62 bits per heavy atom. The van der Waals surface area contributed by atoms with Gasteiger partial charge >= 0.3 is 0 Å². The van der Waals surface area contributed by atoms with E-state index < -0.39 is 0 Å². The van der Waals surface area contributed by atoms with Crippen molar-refractivity contribution in [3.8, 4) is 5.75 Å². The first-order valence-electron chi connectivity index (χ1n) is 6.78. The lowest BCUT2D eigenvalue weighted by Crippen LogP contribution is -1.96. The molecule has 1 aromatic heterocycles. The minimum absolute atomic E-state index is 0.542. The molecule has 108 valence electrons. The van der Waals surface area contributed by atoms with Crippen molar-refractivity contribution in [2.75, 3.05) is 17.7 Å². The molecule has 0 fully saturated rings. The summed E-state index contributed by atoms with van der Waals surface area (Å²) >= 11 is 0. The van der Waals surface area contributed by atoms with Gasteiger partial charge in [-0.15, -0.1) is 0 Å². The summed E-state index contributed by atoms with van der Waals surface area (Å²) in [6.07, 6.45) is 0.989. The zero-order chi connectivity index (χ0) is 14.7. The molecule has 0 aliphatic carbocycles. The van der Waals surface area contributed by atoms with Gasteiger partial charge in [0.1, 0.15) is 5.75 Å². The molecule has 0 saturated heterocycles. The van der Waals surface area contributed by atoms with Gasteiger partial charge in [-0.2, -0.15) is 0 Å². The molecule has 2 aromatic carbocycles. The van der Waals surface area contributed by atoms with Crippen molar-refractivity contribution in [1.29, 1.82) is 0 Å². The molecule has 0 radical (unpaired) electrons. The minimum atomic E-state index is 0.542. The van der Waals surface area contributed by atoms with Crippen LogP contribution in [-0.2, 0) is 0 Å². The Labute approximate surface area is 121 Å². The predicted octanol–water partition coefficient (Wildman–Crippen LogP) is 3.34. The zero-order valence-corrected chi connectivity index (χ0v) is 11.7. The Balaban J connectivity index is 1.82. The summed E-state index contributed by atoms with van der Waals surface area (Å²) in [4.78, 5) is 0. The van der Waals surface area contributed by atoms with Crippen molar-refractivity contribution >= 4 is 28.1 Å². The monoisotopic (exact) mass is 284 g/mol. The molecule has 3 N–H and O–H groups in total. The molecule has 0 bridgehead atoms. The quantitative estimate of drug-likeness (QED) is 0.699. The summed E-state index contributed by atoms with van der Waals surface area (Å²) in [7, 11) is 0. The fourth-order valence-corrected chi connectivity index (χ4v) is 2.00. The van der Waals surface area contributed by atoms with Crippen LogP contribution in [0.3, 0.4) is 0 Å². The van der Waals surface area contributed by atoms with Gasteiger partial charge in [0.25, 0.3) is 0 Å². The number of ether oxygens (including phenoxy) is 1. The number of aromatic nitrogens is 2. The van der Waals surface area contributed by atoms with Crippen molar-refractivity contribution < 1.29 is 9.37 Å². The molecule has 0 saturated carbocycles. The average molecular weight is 284 g/mol. The van der Waals surface area contributed by atoms with E-state index in [9.17, 15) is 0 Å². The number of nitrogen functional groups attached to an aromatic ring is 1. The highest BCUT2D eigenvalue weighted by Crippen LogP contribution is 2.28. The normalized spacial score (nSPS) is 10.7. The maximum Gasteiger partial charge on any atom is 0.160 e. The van der Waals surface area contributed by atoms with Crippen molar-refractivity contribution in [2.24, 2.45) is 0 Å². The first-order chi connectivity index (χ1) is 10.3. The van der Waals surface area contributed by atoms with E-state index in [2.05, 4.69) is 22.6 Å². The van der Waals surface area contributed by atoms with Crippen LogP contribution in [0, 0.1) is 0 Å². The van der Waals surface area contributed by atoms with E-state index >= 15 is 0 Å². The topological polar surface area (TPSA) is 86.2 Å². The van der Waals surface area contributed by atoms with Crippen LogP contribution in [0.5, 0.6) is 5.75 Å². The molecule has 0 atom stereocenters. The molecular formula is C15H16N4O2. The zero-order valence-electron chi connectivity index (χ0n) is 11.7. The summed E-state index contributed by atoms with van der Waals surface area (Å²) in [6.45, 7) is 2.80. The Hall–Kier alpha value is -2.76. The van der Waals surface area contributed by atoms with Gasteiger partial charge in [0, 0.05) is 5.69 Å². The minimum Gasteiger partial charge on any atom is -0.494 e. The fourth-order valence-electron chi connectivity index (χ4n) is 2.00.